The molecule has 3 rings (SSSR count). The summed E-state index contributed by atoms with van der Waals surface area (Å²) in [5.74, 6) is 0.440. The molecule has 0 bridgehead atoms. The zero-order valence-electron chi connectivity index (χ0n) is 15.1. The Morgan fingerprint density at radius 1 is 1.15 bits per heavy atom. The van der Waals surface area contributed by atoms with Gasteiger partial charge in [0.05, 0.1) is 25.8 Å². The highest BCUT2D eigenvalue weighted by molar-refractivity contribution is 5.95. The Bertz CT molecular complexity index is 940. The SMILES string of the molecule is COC(=O)c1cn(C(c2ccc(OC)cc2)C(C)C)cc2c(=O)[nH]nc1-2. The maximum Gasteiger partial charge on any atom is 0.341 e. The van der Waals surface area contributed by atoms with Crippen LogP contribution in [0.1, 0.15) is 35.8 Å². The quantitative estimate of drug-likeness (QED) is 0.711. The van der Waals surface area contributed by atoms with E-state index in [9.17, 15) is 9.59 Å². The minimum absolute atomic E-state index is 0.0805. The molecule has 26 heavy (non-hydrogen) atoms. The molecule has 2 aliphatic rings. The van der Waals surface area contributed by atoms with E-state index in [2.05, 4.69) is 24.0 Å². The lowest BCUT2D eigenvalue weighted by molar-refractivity contribution is 0.0600. The highest BCUT2D eigenvalue weighted by atomic mass is 16.5. The summed E-state index contributed by atoms with van der Waals surface area (Å²) < 4.78 is 12.0. The van der Waals surface area contributed by atoms with Crippen molar-refractivity contribution in [2.24, 2.45) is 5.92 Å². The molecule has 0 radical (unpaired) electrons. The fourth-order valence-corrected chi connectivity index (χ4v) is 3.18. The van der Waals surface area contributed by atoms with Crippen LogP contribution in [0.5, 0.6) is 5.75 Å². The second kappa shape index (κ2) is 7.03. The number of methoxy groups -OCH3 is 2. The van der Waals surface area contributed by atoms with Gasteiger partial charge in [-0.3, -0.25) is 4.79 Å². The van der Waals surface area contributed by atoms with Crippen molar-refractivity contribution in [3.63, 3.8) is 0 Å². The Morgan fingerprint density at radius 2 is 1.85 bits per heavy atom. The second-order valence-corrected chi connectivity index (χ2v) is 6.39. The lowest BCUT2D eigenvalue weighted by atomic mass is 9.94. The molecule has 136 valence electrons. The summed E-state index contributed by atoms with van der Waals surface area (Å²) in [5, 5.41) is 6.36. The van der Waals surface area contributed by atoms with Crippen molar-refractivity contribution in [1.82, 2.24) is 14.8 Å². The third-order valence-electron chi connectivity index (χ3n) is 4.40. The van der Waals surface area contributed by atoms with E-state index in [0.29, 0.717) is 11.3 Å². The average molecular weight is 355 g/mol. The number of esters is 1. The predicted octanol–water partition coefficient (Wildman–Crippen LogP) is 2.72. The number of fused-ring (bicyclic) bond motifs is 1. The average Bonchev–Trinajstić information content (AvgIpc) is 3.02. The fraction of sp³-hybridized carbons (Fsp3) is 0.316. The molecule has 0 saturated carbocycles. The van der Waals surface area contributed by atoms with E-state index in [0.717, 1.165) is 11.3 Å². The van der Waals surface area contributed by atoms with Gasteiger partial charge in [-0.1, -0.05) is 26.0 Å². The van der Waals surface area contributed by atoms with Gasteiger partial charge in [-0.05, 0) is 23.6 Å². The molecule has 0 aliphatic carbocycles. The van der Waals surface area contributed by atoms with Crippen LogP contribution in [0.15, 0.2) is 41.5 Å². The smallest absolute Gasteiger partial charge is 0.341 e. The summed E-state index contributed by atoms with van der Waals surface area (Å²) in [6.45, 7) is 4.16. The number of hydrogen-bond donors (Lipinski definition) is 1. The van der Waals surface area contributed by atoms with Crippen LogP contribution >= 0.6 is 0 Å². The number of H-pyrrole nitrogens is 1. The summed E-state index contributed by atoms with van der Waals surface area (Å²) in [7, 11) is 2.93. The van der Waals surface area contributed by atoms with Crippen LogP contribution in [0, 0.1) is 5.92 Å². The molecular weight excluding hydrogens is 334 g/mol. The Morgan fingerprint density at radius 3 is 2.42 bits per heavy atom. The van der Waals surface area contributed by atoms with Gasteiger partial charge >= 0.3 is 5.97 Å². The molecule has 7 nitrogen and oxygen atoms in total. The monoisotopic (exact) mass is 355 g/mol. The number of nitrogens with one attached hydrogen (secondary N) is 1. The lowest BCUT2D eigenvalue weighted by Gasteiger charge is -2.26. The van der Waals surface area contributed by atoms with Gasteiger partial charge in [0.25, 0.3) is 5.56 Å². The van der Waals surface area contributed by atoms with Crippen LogP contribution in [0.3, 0.4) is 0 Å². The maximum absolute atomic E-state index is 12.2. The first kappa shape index (κ1) is 17.7. The van der Waals surface area contributed by atoms with E-state index < -0.39 is 5.97 Å². The van der Waals surface area contributed by atoms with E-state index in [1.165, 1.54) is 7.11 Å². The van der Waals surface area contributed by atoms with Crippen molar-refractivity contribution in [3.05, 3.63) is 58.1 Å². The first-order chi connectivity index (χ1) is 12.5. The summed E-state index contributed by atoms with van der Waals surface area (Å²) in [5.41, 5.74) is 1.62. The molecule has 0 aromatic heterocycles. The van der Waals surface area contributed by atoms with E-state index in [1.54, 1.807) is 19.5 Å². The van der Waals surface area contributed by atoms with Gasteiger partial charge in [0.15, 0.2) is 0 Å². The molecule has 0 amide bonds. The van der Waals surface area contributed by atoms with Crippen molar-refractivity contribution in [3.8, 4) is 17.0 Å². The zero-order chi connectivity index (χ0) is 18.8. The highest BCUT2D eigenvalue weighted by Crippen LogP contribution is 2.31. The zero-order valence-corrected chi connectivity index (χ0v) is 15.1. The number of rotatable bonds is 5. The van der Waals surface area contributed by atoms with Crippen LogP contribution < -0.4 is 10.3 Å². The molecule has 7 heteroatoms. The maximum atomic E-state index is 12.2. The summed E-state index contributed by atoms with van der Waals surface area (Å²) >= 11 is 0. The highest BCUT2D eigenvalue weighted by Gasteiger charge is 2.25. The van der Waals surface area contributed by atoms with E-state index in [-0.39, 0.29) is 23.1 Å². The summed E-state index contributed by atoms with van der Waals surface area (Å²) in [4.78, 5) is 24.3. The number of hydrogen-bond acceptors (Lipinski definition) is 5. The summed E-state index contributed by atoms with van der Waals surface area (Å²) in [6, 6.07) is 7.66. The van der Waals surface area contributed by atoms with Crippen LogP contribution in [0.25, 0.3) is 11.3 Å². The number of nitrogens with zero attached hydrogens (tertiary/aromatic N) is 2. The third-order valence-corrected chi connectivity index (χ3v) is 4.40. The topological polar surface area (TPSA) is 86.2 Å². The number of carbonyl (C=O) groups is 1. The number of pyridine rings is 1. The molecule has 1 N–H and O–H groups in total. The standard InChI is InChI=1S/C19H21N3O4/c1-11(2)17(12-5-7-13(25-3)8-6-12)22-9-14-16(20-21-18(14)23)15(10-22)19(24)26-4/h5-11,17H,1-4H3,(H,21,23). The summed E-state index contributed by atoms with van der Waals surface area (Å²) in [6.07, 6.45) is 3.41. The number of carbonyl (C=O) groups excluding carboxylic acids is 1. The second-order valence-electron chi connectivity index (χ2n) is 6.39. The Hall–Kier alpha value is -3.09. The molecule has 0 saturated heterocycles. The van der Waals surface area contributed by atoms with Crippen molar-refractivity contribution >= 4 is 5.97 Å². The molecule has 0 fully saturated rings. The van der Waals surface area contributed by atoms with Crippen LogP contribution in [-0.2, 0) is 4.74 Å². The molecule has 2 aliphatic heterocycles. The molecule has 1 aromatic carbocycles. The Kier molecular flexibility index (Phi) is 4.79. The van der Waals surface area contributed by atoms with Crippen LogP contribution in [0.2, 0.25) is 0 Å². The van der Waals surface area contributed by atoms with Crippen molar-refractivity contribution in [1.29, 1.82) is 0 Å². The van der Waals surface area contributed by atoms with E-state index >= 15 is 0 Å². The first-order valence-electron chi connectivity index (χ1n) is 8.28. The Labute approximate surface area is 150 Å². The molecule has 1 aromatic rings. The lowest BCUT2D eigenvalue weighted by Crippen LogP contribution is -2.20. The van der Waals surface area contributed by atoms with Crippen LogP contribution in [-0.4, -0.2) is 35.0 Å². The number of aromatic nitrogens is 3. The molecule has 1 unspecified atom stereocenters. The molecule has 0 spiro atoms. The van der Waals surface area contributed by atoms with Gasteiger partial charge in [-0.15, -0.1) is 0 Å². The third kappa shape index (κ3) is 3.08. The molecule has 2 heterocycles. The largest absolute Gasteiger partial charge is 0.497 e. The minimum Gasteiger partial charge on any atom is -0.497 e. The molecule has 1 atom stereocenters. The van der Waals surface area contributed by atoms with Crippen LogP contribution in [0.4, 0.5) is 0 Å². The Balaban J connectivity index is 2.19. The fourth-order valence-electron chi connectivity index (χ4n) is 3.18. The first-order valence-corrected chi connectivity index (χ1v) is 8.28. The van der Waals surface area contributed by atoms with Gasteiger partial charge in [-0.25, -0.2) is 9.89 Å². The van der Waals surface area contributed by atoms with Crippen molar-refractivity contribution < 1.29 is 14.3 Å². The number of aromatic amines is 1. The number of ether oxygens (including phenoxy) is 2. The normalized spacial score (nSPS) is 12.3. The van der Waals surface area contributed by atoms with Gasteiger partial charge < -0.3 is 14.0 Å². The predicted molar refractivity (Wildman–Crippen MR) is 96.8 cm³/mol. The van der Waals surface area contributed by atoms with Crippen molar-refractivity contribution in [2.45, 2.75) is 19.9 Å². The van der Waals surface area contributed by atoms with Gasteiger partial charge in [0.2, 0.25) is 0 Å². The van der Waals surface area contributed by atoms with Gasteiger partial charge in [0, 0.05) is 12.4 Å². The van der Waals surface area contributed by atoms with Gasteiger partial charge in [-0.2, -0.15) is 5.10 Å². The van der Waals surface area contributed by atoms with Gasteiger partial charge in [0.1, 0.15) is 17.0 Å². The van der Waals surface area contributed by atoms with E-state index in [1.807, 2.05) is 28.8 Å². The number of benzene rings is 1. The minimum atomic E-state index is -0.534. The van der Waals surface area contributed by atoms with Crippen molar-refractivity contribution in [2.75, 3.05) is 14.2 Å². The van der Waals surface area contributed by atoms with E-state index in [4.69, 9.17) is 9.47 Å². The molecular formula is C19H21N3O4.